The molecule has 0 spiro atoms. The largest absolute Gasteiger partial charge is 0.469 e. The van der Waals surface area contributed by atoms with E-state index in [1.54, 1.807) is 13.8 Å². The molecule has 0 radical (unpaired) electrons. The minimum Gasteiger partial charge on any atom is -0.469 e. The average Bonchev–Trinajstić information content (AvgIpc) is 2.43. The topological polar surface area (TPSA) is 99.1 Å². The Kier molecular flexibility index (Phi) is 37.8. The van der Waals surface area contributed by atoms with Gasteiger partial charge in [0, 0.05) is 40.9 Å². The van der Waals surface area contributed by atoms with E-state index in [0.29, 0.717) is 13.3 Å². The Morgan fingerprint density at radius 2 is 1.28 bits per heavy atom. The number of hydrogen-bond donors (Lipinski definition) is 1. The van der Waals surface area contributed by atoms with Gasteiger partial charge in [0.05, 0.1) is 7.11 Å². The maximum atomic E-state index is 11.6. The molecule has 0 aliphatic carbocycles. The number of esters is 1. The van der Waals surface area contributed by atoms with Gasteiger partial charge in [0.2, 0.25) is 0 Å². The van der Waals surface area contributed by atoms with Crippen LogP contribution in [0.3, 0.4) is 0 Å². The molecule has 154 valence electrons. The minimum atomic E-state index is -3.07. The highest BCUT2D eigenvalue weighted by molar-refractivity contribution is 5.68. The molecule has 0 amide bonds. The maximum absolute atomic E-state index is 11.6. The van der Waals surface area contributed by atoms with Gasteiger partial charge in [0.15, 0.2) is 6.79 Å². The molecule has 0 aromatic rings. The van der Waals surface area contributed by atoms with Crippen LogP contribution in [0.1, 0.15) is 41.0 Å². The normalized spacial score (nSPS) is 8.48. The molecule has 0 bridgehead atoms. The van der Waals surface area contributed by atoms with Gasteiger partial charge in [-0.3, -0.25) is 19.1 Å². The van der Waals surface area contributed by atoms with Crippen molar-refractivity contribution in [1.29, 1.82) is 0 Å². The van der Waals surface area contributed by atoms with Gasteiger partial charge in [-0.25, -0.2) is 0 Å². The van der Waals surface area contributed by atoms with Gasteiger partial charge in [0.25, 0.3) is 12.1 Å². The van der Waals surface area contributed by atoms with Gasteiger partial charge < -0.3 is 14.6 Å². The molecule has 0 unspecified atom stereocenters. The van der Waals surface area contributed by atoms with E-state index in [0.717, 1.165) is 13.8 Å². The summed E-state index contributed by atoms with van der Waals surface area (Å²) in [6.07, 6.45) is -2.60. The minimum absolute atomic E-state index is 0.157. The summed E-state index contributed by atoms with van der Waals surface area (Å²) in [6, 6.07) is -2.67. The molecule has 0 heterocycles. The lowest BCUT2D eigenvalue weighted by atomic mass is 10.5. The smallest absolute Gasteiger partial charge is 0.354 e. The van der Waals surface area contributed by atoms with Crippen LogP contribution in [0.4, 0.5) is 17.6 Å². The quantitative estimate of drug-likeness (QED) is 0.344. The first kappa shape index (κ1) is 34.7. The zero-order chi connectivity index (χ0) is 21.5. The summed E-state index contributed by atoms with van der Waals surface area (Å²) in [5.74, 6) is -0.157. The second kappa shape index (κ2) is 27.3. The highest BCUT2D eigenvalue weighted by Crippen LogP contribution is 2.11. The number of carbonyl (C=O) groups excluding carboxylic acids is 3. The van der Waals surface area contributed by atoms with Crippen molar-refractivity contribution in [2.24, 2.45) is 0 Å². The first-order valence-electron chi connectivity index (χ1n) is 6.75. The van der Waals surface area contributed by atoms with Crippen molar-refractivity contribution in [3.05, 3.63) is 0 Å². The molecule has 0 atom stereocenters. The van der Waals surface area contributed by atoms with E-state index in [2.05, 4.69) is 14.2 Å². The average molecular weight is 384 g/mol. The van der Waals surface area contributed by atoms with E-state index in [1.807, 2.05) is 0 Å². The van der Waals surface area contributed by atoms with Crippen molar-refractivity contribution < 1.29 is 51.3 Å². The fourth-order valence-corrected chi connectivity index (χ4v) is 0.307. The molecule has 1 N–H and O–H groups in total. The van der Waals surface area contributed by atoms with E-state index >= 15 is 0 Å². The summed E-state index contributed by atoms with van der Waals surface area (Å²) in [7, 11) is 2.66. The Balaban J connectivity index is -0.0000000701. The van der Waals surface area contributed by atoms with Crippen LogP contribution in [0.2, 0.25) is 0 Å². The summed E-state index contributed by atoms with van der Waals surface area (Å²) >= 11 is 0. The number of rotatable bonds is 4. The van der Waals surface area contributed by atoms with E-state index in [-0.39, 0.29) is 19.4 Å². The molecule has 0 aliphatic heterocycles. The van der Waals surface area contributed by atoms with Crippen molar-refractivity contribution in [3.63, 3.8) is 0 Å². The van der Waals surface area contributed by atoms with Crippen LogP contribution in [-0.2, 0) is 28.6 Å². The predicted octanol–water partition coefficient (Wildman–Crippen LogP) is 2.79. The highest BCUT2D eigenvalue weighted by Gasteiger charge is 2.20. The Hall–Kier alpha value is -1.59. The highest BCUT2D eigenvalue weighted by atomic mass is 19.3. The lowest BCUT2D eigenvalue weighted by Crippen LogP contribution is -2.16. The first-order valence-corrected chi connectivity index (χ1v) is 6.75. The second-order valence-electron chi connectivity index (χ2n) is 3.55. The fraction of sp³-hybridized carbons (Fsp3) is 0.786. The zero-order valence-electron chi connectivity index (χ0n) is 15.5. The molecule has 0 rings (SSSR count). The third kappa shape index (κ3) is 170. The van der Waals surface area contributed by atoms with Crippen LogP contribution in [0, 0.1) is 0 Å². The zero-order valence-corrected chi connectivity index (χ0v) is 15.5. The Morgan fingerprint density at radius 1 is 1.00 bits per heavy atom. The summed E-state index contributed by atoms with van der Waals surface area (Å²) < 4.78 is 56.2. The van der Waals surface area contributed by atoms with Gasteiger partial charge in [-0.2, -0.15) is 17.6 Å². The van der Waals surface area contributed by atoms with E-state index in [1.165, 1.54) is 14.2 Å². The number of aliphatic hydroxyl groups excluding tert-OH is 1. The van der Waals surface area contributed by atoms with Gasteiger partial charge in [-0.15, -0.1) is 0 Å². The molecule has 0 saturated heterocycles. The van der Waals surface area contributed by atoms with Crippen molar-refractivity contribution in [3.8, 4) is 0 Å². The Morgan fingerprint density at radius 3 is 1.32 bits per heavy atom. The molecule has 0 aromatic heterocycles. The molecule has 7 nitrogen and oxygen atoms in total. The molecule has 0 saturated carbocycles. The summed E-state index contributed by atoms with van der Waals surface area (Å²) in [5, 5.41) is 7.57. The third-order valence-electron chi connectivity index (χ3n) is 0.947. The predicted molar refractivity (Wildman–Crippen MR) is 82.2 cm³/mol. The molecule has 0 fully saturated rings. The van der Waals surface area contributed by atoms with Gasteiger partial charge in [0.1, 0.15) is 0 Å². The van der Waals surface area contributed by atoms with Crippen LogP contribution in [0.15, 0.2) is 0 Å². The van der Waals surface area contributed by atoms with E-state index in [9.17, 15) is 22.4 Å². The molecular weight excluding hydrogens is 356 g/mol. The fourth-order valence-electron chi connectivity index (χ4n) is 0.307. The van der Waals surface area contributed by atoms with Crippen LogP contribution in [0.5, 0.6) is 0 Å². The standard InChI is InChI=1S/C4H8F2O2.C4H8O2.2C2H3FO.C2H6O/c1-4(5,6)8-3-7-2;1-3-4(5)6-2;2*1-2(3)4;1-2-3/h3H2,1-2H3;3H2,1-2H3;2*1H3;3H,2H2,1H3. The van der Waals surface area contributed by atoms with E-state index < -0.39 is 18.2 Å². The Labute approximate surface area is 145 Å². The third-order valence-corrected chi connectivity index (χ3v) is 0.947. The molecular formula is C14H28F4O7. The van der Waals surface area contributed by atoms with Gasteiger partial charge in [-0.05, 0) is 6.92 Å². The van der Waals surface area contributed by atoms with Crippen molar-refractivity contribution in [2.75, 3.05) is 27.6 Å². The summed E-state index contributed by atoms with van der Waals surface area (Å²) in [6.45, 7) is 5.70. The molecule has 11 heteroatoms. The van der Waals surface area contributed by atoms with Crippen LogP contribution < -0.4 is 0 Å². The van der Waals surface area contributed by atoms with Crippen LogP contribution in [-0.4, -0.2) is 56.9 Å². The second-order valence-corrected chi connectivity index (χ2v) is 3.55. The molecule has 0 aromatic carbocycles. The number of halogens is 4. The lowest BCUT2D eigenvalue weighted by molar-refractivity contribution is -0.260. The van der Waals surface area contributed by atoms with Crippen molar-refractivity contribution in [2.45, 2.75) is 47.1 Å². The number of ether oxygens (including phenoxy) is 3. The lowest BCUT2D eigenvalue weighted by Gasteiger charge is -2.08. The number of hydrogen-bond acceptors (Lipinski definition) is 7. The van der Waals surface area contributed by atoms with Crippen molar-refractivity contribution >= 4 is 18.0 Å². The SMILES string of the molecule is CC(=O)F.CC(=O)F.CCC(=O)OC.CCO.COCOC(C)(F)F. The van der Waals surface area contributed by atoms with E-state index in [4.69, 9.17) is 14.7 Å². The number of alkyl halides is 2. The van der Waals surface area contributed by atoms with Gasteiger partial charge in [-0.1, -0.05) is 6.92 Å². The van der Waals surface area contributed by atoms with Gasteiger partial charge >= 0.3 is 12.1 Å². The number of aliphatic hydroxyl groups is 1. The maximum Gasteiger partial charge on any atom is 0.354 e. The summed E-state index contributed by atoms with van der Waals surface area (Å²) in [4.78, 5) is 27.5. The van der Waals surface area contributed by atoms with Crippen LogP contribution >= 0.6 is 0 Å². The number of carbonyl (C=O) groups is 3. The first-order chi connectivity index (χ1) is 11.2. The number of methoxy groups -OCH3 is 2. The van der Waals surface area contributed by atoms with Crippen LogP contribution in [0.25, 0.3) is 0 Å². The monoisotopic (exact) mass is 384 g/mol. The molecule has 25 heavy (non-hydrogen) atoms. The van der Waals surface area contributed by atoms with Crippen molar-refractivity contribution in [1.82, 2.24) is 0 Å². The summed E-state index contributed by atoms with van der Waals surface area (Å²) in [5.41, 5.74) is 0. The Bertz CT molecular complexity index is 282. The molecule has 0 aliphatic rings.